The summed E-state index contributed by atoms with van der Waals surface area (Å²) in [6.07, 6.45) is 1.03. The molecule has 5 nitrogen and oxygen atoms in total. The van der Waals surface area contributed by atoms with Gasteiger partial charge in [-0.25, -0.2) is 9.67 Å². The second kappa shape index (κ2) is 3.45. The van der Waals surface area contributed by atoms with Gasteiger partial charge in [-0.2, -0.15) is 5.10 Å². The molecular weight excluding hydrogens is 146 g/mol. The largest absolute Gasteiger partial charge is 0.349 e. The van der Waals surface area contributed by atoms with Crippen LogP contribution in [0.4, 0.5) is 0 Å². The lowest BCUT2D eigenvalue weighted by atomic mass is 10.6. The first-order valence-electron chi connectivity index (χ1n) is 3.19. The van der Waals surface area contributed by atoms with E-state index >= 15 is 0 Å². The Morgan fingerprint density at radius 3 is 2.45 bits per heavy atom. The van der Waals surface area contributed by atoms with E-state index in [9.17, 15) is 0 Å². The Labute approximate surface area is 64.9 Å². The molecule has 0 unspecified atom stereocenters. The van der Waals surface area contributed by atoms with Gasteiger partial charge in [0.1, 0.15) is 6.33 Å². The highest BCUT2D eigenvalue weighted by Crippen LogP contribution is 2.11. The Morgan fingerprint density at radius 2 is 2.09 bits per heavy atom. The van der Waals surface area contributed by atoms with E-state index in [2.05, 4.69) is 10.1 Å². The Morgan fingerprint density at radius 1 is 1.45 bits per heavy atom. The van der Waals surface area contributed by atoms with E-state index < -0.39 is 6.29 Å². The zero-order valence-corrected chi connectivity index (χ0v) is 6.81. The van der Waals surface area contributed by atoms with Gasteiger partial charge in [-0.3, -0.25) is 0 Å². The predicted molar refractivity (Wildman–Crippen MR) is 37.8 cm³/mol. The number of rotatable bonds is 3. The maximum absolute atomic E-state index is 4.98. The van der Waals surface area contributed by atoms with Crippen molar-refractivity contribution in [3.05, 3.63) is 12.2 Å². The number of hydrogen-bond acceptors (Lipinski definition) is 4. The fourth-order valence-electron chi connectivity index (χ4n) is 0.826. The molecule has 1 aromatic heterocycles. The lowest BCUT2D eigenvalue weighted by Crippen LogP contribution is -2.10. The molecule has 5 heteroatoms. The molecule has 0 radical (unpaired) electrons. The van der Waals surface area contributed by atoms with Gasteiger partial charge < -0.3 is 9.47 Å². The molecule has 0 aliphatic carbocycles. The molecular formula is C6H11N3O2. The average molecular weight is 157 g/mol. The van der Waals surface area contributed by atoms with Gasteiger partial charge in [0, 0.05) is 21.3 Å². The topological polar surface area (TPSA) is 49.2 Å². The van der Waals surface area contributed by atoms with Crippen LogP contribution in [0.2, 0.25) is 0 Å². The molecule has 0 amide bonds. The van der Waals surface area contributed by atoms with E-state index in [4.69, 9.17) is 9.47 Å². The summed E-state index contributed by atoms with van der Waals surface area (Å²) in [5, 5.41) is 3.88. The highest BCUT2D eigenvalue weighted by atomic mass is 16.7. The molecule has 1 heterocycles. The fraction of sp³-hybridized carbons (Fsp3) is 0.667. The summed E-state index contributed by atoms with van der Waals surface area (Å²) in [6.45, 7) is 0. The number of aromatic nitrogens is 3. The molecule has 1 rings (SSSR count). The highest BCUT2D eigenvalue weighted by Gasteiger charge is 2.13. The maximum atomic E-state index is 4.98. The van der Waals surface area contributed by atoms with Gasteiger partial charge >= 0.3 is 0 Å². The monoisotopic (exact) mass is 157 g/mol. The van der Waals surface area contributed by atoms with Crippen molar-refractivity contribution < 1.29 is 9.47 Å². The Balaban J connectivity index is 2.81. The molecule has 1 aromatic rings. The highest BCUT2D eigenvalue weighted by molar-refractivity contribution is 4.84. The molecule has 0 atom stereocenters. The van der Waals surface area contributed by atoms with Gasteiger partial charge in [0.2, 0.25) is 6.29 Å². The minimum atomic E-state index is -0.428. The first kappa shape index (κ1) is 8.16. The molecule has 0 N–H and O–H groups in total. The van der Waals surface area contributed by atoms with Gasteiger partial charge in [0.05, 0.1) is 0 Å². The number of hydrogen-bond donors (Lipinski definition) is 0. The third-order valence-corrected chi connectivity index (χ3v) is 1.39. The molecule has 0 bridgehead atoms. The van der Waals surface area contributed by atoms with E-state index in [1.807, 2.05) is 0 Å². The lowest BCUT2D eigenvalue weighted by Gasteiger charge is -2.10. The average Bonchev–Trinajstić information content (AvgIpc) is 2.40. The minimum Gasteiger partial charge on any atom is -0.349 e. The van der Waals surface area contributed by atoms with Gasteiger partial charge in [-0.15, -0.1) is 0 Å². The van der Waals surface area contributed by atoms with Crippen LogP contribution < -0.4 is 0 Å². The molecule has 11 heavy (non-hydrogen) atoms. The molecule has 0 aliphatic rings. The molecule has 0 saturated heterocycles. The van der Waals surface area contributed by atoms with Crippen molar-refractivity contribution in [2.24, 2.45) is 7.05 Å². The summed E-state index contributed by atoms with van der Waals surface area (Å²) < 4.78 is 11.6. The second-order valence-corrected chi connectivity index (χ2v) is 2.05. The van der Waals surface area contributed by atoms with Gasteiger partial charge in [0.25, 0.3) is 0 Å². The molecule has 0 fully saturated rings. The van der Waals surface area contributed by atoms with Crippen LogP contribution in [-0.2, 0) is 16.5 Å². The van der Waals surface area contributed by atoms with Crippen LogP contribution >= 0.6 is 0 Å². The third kappa shape index (κ3) is 1.55. The summed E-state index contributed by atoms with van der Waals surface area (Å²) in [7, 11) is 4.90. The number of aryl methyl sites for hydroxylation is 1. The first-order valence-corrected chi connectivity index (χ1v) is 3.19. The molecule has 0 aliphatic heterocycles. The summed E-state index contributed by atoms with van der Waals surface area (Å²) >= 11 is 0. The summed E-state index contributed by atoms with van der Waals surface area (Å²) in [5.41, 5.74) is 0. The minimum absolute atomic E-state index is 0.428. The van der Waals surface area contributed by atoms with Crippen LogP contribution in [0.5, 0.6) is 0 Å². The van der Waals surface area contributed by atoms with Gasteiger partial charge in [0.15, 0.2) is 5.82 Å². The summed E-state index contributed by atoms with van der Waals surface area (Å²) in [5.74, 6) is 0.662. The van der Waals surface area contributed by atoms with Crippen molar-refractivity contribution in [3.63, 3.8) is 0 Å². The standard InChI is InChI=1S/C6H11N3O2/c1-9-5(7-4-8-9)6(10-2)11-3/h4,6H,1-3H3. The summed E-state index contributed by atoms with van der Waals surface area (Å²) in [4.78, 5) is 3.96. The molecule has 0 spiro atoms. The van der Waals surface area contributed by atoms with Gasteiger partial charge in [-0.05, 0) is 0 Å². The van der Waals surface area contributed by atoms with Crippen LogP contribution in [0, 0.1) is 0 Å². The second-order valence-electron chi connectivity index (χ2n) is 2.05. The predicted octanol–water partition coefficient (Wildman–Crippen LogP) is 0.106. The zero-order chi connectivity index (χ0) is 8.27. The van der Waals surface area contributed by atoms with Crippen molar-refractivity contribution >= 4 is 0 Å². The Bertz CT molecular complexity index is 219. The van der Waals surface area contributed by atoms with E-state index in [1.54, 1.807) is 25.9 Å². The Hall–Kier alpha value is -0.940. The normalized spacial score (nSPS) is 10.9. The number of methoxy groups -OCH3 is 2. The Kier molecular flexibility index (Phi) is 2.56. The molecule has 0 aromatic carbocycles. The van der Waals surface area contributed by atoms with Crippen molar-refractivity contribution in [1.82, 2.24) is 14.8 Å². The van der Waals surface area contributed by atoms with Crippen molar-refractivity contribution in [2.75, 3.05) is 14.2 Å². The maximum Gasteiger partial charge on any atom is 0.218 e. The lowest BCUT2D eigenvalue weighted by molar-refractivity contribution is -0.113. The van der Waals surface area contributed by atoms with Crippen LogP contribution in [0.15, 0.2) is 6.33 Å². The molecule has 62 valence electrons. The van der Waals surface area contributed by atoms with E-state index in [1.165, 1.54) is 6.33 Å². The number of ether oxygens (including phenoxy) is 2. The first-order chi connectivity index (χ1) is 5.29. The van der Waals surface area contributed by atoms with Crippen LogP contribution in [-0.4, -0.2) is 29.0 Å². The SMILES string of the molecule is COC(OC)c1ncnn1C. The fourth-order valence-corrected chi connectivity index (χ4v) is 0.826. The quantitative estimate of drug-likeness (QED) is 0.584. The number of nitrogens with zero attached hydrogens (tertiary/aromatic N) is 3. The smallest absolute Gasteiger partial charge is 0.218 e. The van der Waals surface area contributed by atoms with Crippen molar-refractivity contribution in [1.29, 1.82) is 0 Å². The van der Waals surface area contributed by atoms with E-state index in [0.29, 0.717) is 5.82 Å². The van der Waals surface area contributed by atoms with E-state index in [0.717, 1.165) is 0 Å². The van der Waals surface area contributed by atoms with Gasteiger partial charge in [-0.1, -0.05) is 0 Å². The van der Waals surface area contributed by atoms with Crippen molar-refractivity contribution in [2.45, 2.75) is 6.29 Å². The summed E-state index contributed by atoms with van der Waals surface area (Å²) in [6, 6.07) is 0. The van der Waals surface area contributed by atoms with Crippen LogP contribution in [0.1, 0.15) is 12.1 Å². The zero-order valence-electron chi connectivity index (χ0n) is 6.81. The van der Waals surface area contributed by atoms with Crippen LogP contribution in [0.3, 0.4) is 0 Å². The molecule has 0 saturated carbocycles. The van der Waals surface area contributed by atoms with Crippen LogP contribution in [0.25, 0.3) is 0 Å². The van der Waals surface area contributed by atoms with E-state index in [-0.39, 0.29) is 0 Å². The third-order valence-electron chi connectivity index (χ3n) is 1.39. The van der Waals surface area contributed by atoms with Crippen molar-refractivity contribution in [3.8, 4) is 0 Å².